The Morgan fingerprint density at radius 3 is 1.25 bits per heavy atom. The molecule has 2 nitrogen and oxygen atoms in total. The van der Waals surface area contributed by atoms with E-state index in [0.29, 0.717) is 0 Å². The van der Waals surface area contributed by atoms with Crippen molar-refractivity contribution in [1.82, 2.24) is 0 Å². The van der Waals surface area contributed by atoms with Crippen LogP contribution in [0.3, 0.4) is 0 Å². The lowest BCUT2D eigenvalue weighted by atomic mass is 10.3. The van der Waals surface area contributed by atoms with Crippen LogP contribution in [0.25, 0.3) is 0 Å². The van der Waals surface area contributed by atoms with E-state index < -0.39 is 0 Å². The van der Waals surface area contributed by atoms with Gasteiger partial charge < -0.3 is 9.47 Å². The first-order chi connectivity index (χ1) is 5.41. The fourth-order valence-electron chi connectivity index (χ4n) is 0.793. The molecule has 1 saturated heterocycles. The van der Waals surface area contributed by atoms with Gasteiger partial charge in [-0.15, -0.1) is 0 Å². The molecule has 0 N–H and O–H groups in total. The van der Waals surface area contributed by atoms with Crippen molar-refractivity contribution < 1.29 is 9.47 Å². The van der Waals surface area contributed by atoms with Crippen molar-refractivity contribution in [2.24, 2.45) is 0 Å². The minimum Gasteiger partial charge on any atom is -0.377 e. The SMILES string of the molecule is C1COCCO1.CCCCC.[B]. The minimum absolute atomic E-state index is 0. The van der Waals surface area contributed by atoms with Gasteiger partial charge in [0.05, 0.1) is 26.4 Å². The Labute approximate surface area is 78.2 Å². The van der Waals surface area contributed by atoms with Gasteiger partial charge in [-0.2, -0.15) is 0 Å². The second-order valence-electron chi connectivity index (χ2n) is 2.58. The molecule has 1 fully saturated rings. The number of hydrogen-bond acceptors (Lipinski definition) is 2. The molecule has 1 rings (SSSR count). The van der Waals surface area contributed by atoms with E-state index in [1.165, 1.54) is 19.3 Å². The van der Waals surface area contributed by atoms with Crippen LogP contribution in [0, 0.1) is 0 Å². The Morgan fingerprint density at radius 2 is 1.17 bits per heavy atom. The Hall–Kier alpha value is -0.0151. The van der Waals surface area contributed by atoms with Crippen LogP contribution in [-0.4, -0.2) is 34.8 Å². The first-order valence-corrected chi connectivity index (χ1v) is 4.57. The summed E-state index contributed by atoms with van der Waals surface area (Å²) in [6, 6.07) is 0. The first kappa shape index (κ1) is 14.5. The summed E-state index contributed by atoms with van der Waals surface area (Å²) in [5.74, 6) is 0. The van der Waals surface area contributed by atoms with Crippen LogP contribution < -0.4 is 0 Å². The fourth-order valence-corrected chi connectivity index (χ4v) is 0.793. The Morgan fingerprint density at radius 1 is 0.833 bits per heavy atom. The molecule has 0 unspecified atom stereocenters. The largest absolute Gasteiger partial charge is 0.377 e. The van der Waals surface area contributed by atoms with E-state index >= 15 is 0 Å². The lowest BCUT2D eigenvalue weighted by molar-refractivity contribution is -0.0334. The summed E-state index contributed by atoms with van der Waals surface area (Å²) in [5, 5.41) is 0. The zero-order chi connectivity index (χ0) is 8.36. The molecule has 71 valence electrons. The summed E-state index contributed by atoms with van der Waals surface area (Å²) in [6.45, 7) is 7.53. The monoisotopic (exact) mass is 171 g/mol. The summed E-state index contributed by atoms with van der Waals surface area (Å²) in [4.78, 5) is 0. The van der Waals surface area contributed by atoms with Crippen molar-refractivity contribution >= 4 is 8.41 Å². The Kier molecular flexibility index (Phi) is 16.4. The lowest BCUT2D eigenvalue weighted by Gasteiger charge is -2.09. The molecule has 12 heavy (non-hydrogen) atoms. The van der Waals surface area contributed by atoms with Gasteiger partial charge in [0.1, 0.15) is 0 Å². The summed E-state index contributed by atoms with van der Waals surface area (Å²) < 4.78 is 9.89. The predicted octanol–water partition coefficient (Wildman–Crippen LogP) is 1.85. The third kappa shape index (κ3) is 12.6. The van der Waals surface area contributed by atoms with Gasteiger partial charge in [-0.25, -0.2) is 0 Å². The average molecular weight is 171 g/mol. The first-order valence-electron chi connectivity index (χ1n) is 4.57. The molecule has 3 heteroatoms. The van der Waals surface area contributed by atoms with Crippen LogP contribution in [0.1, 0.15) is 33.1 Å². The lowest BCUT2D eigenvalue weighted by Crippen LogP contribution is -2.16. The van der Waals surface area contributed by atoms with Gasteiger partial charge in [-0.3, -0.25) is 0 Å². The maximum Gasteiger partial charge on any atom is 0.0701 e. The van der Waals surface area contributed by atoms with E-state index in [1.54, 1.807) is 0 Å². The summed E-state index contributed by atoms with van der Waals surface area (Å²) in [7, 11) is 0. The van der Waals surface area contributed by atoms with E-state index in [-0.39, 0.29) is 8.41 Å². The molecule has 1 aliphatic heterocycles. The number of ether oxygens (including phenoxy) is 2. The number of hydrogen-bond donors (Lipinski definition) is 0. The van der Waals surface area contributed by atoms with Gasteiger partial charge in [-0.05, 0) is 0 Å². The van der Waals surface area contributed by atoms with Crippen LogP contribution in [0.15, 0.2) is 0 Å². The van der Waals surface area contributed by atoms with Gasteiger partial charge in [0, 0.05) is 8.41 Å². The standard InChI is InChI=1S/C5H12.C4H8O2.B/c1-3-5-4-2;1-2-6-4-3-5-1;/h3-5H2,1-2H3;1-4H2;. The minimum atomic E-state index is 0. The van der Waals surface area contributed by atoms with Crippen molar-refractivity contribution in [3.05, 3.63) is 0 Å². The van der Waals surface area contributed by atoms with Crippen LogP contribution >= 0.6 is 0 Å². The van der Waals surface area contributed by atoms with Gasteiger partial charge in [0.15, 0.2) is 0 Å². The summed E-state index contributed by atoms with van der Waals surface area (Å²) in [6.07, 6.45) is 4.08. The van der Waals surface area contributed by atoms with Crippen molar-refractivity contribution in [2.75, 3.05) is 26.4 Å². The van der Waals surface area contributed by atoms with Crippen LogP contribution in [0.2, 0.25) is 0 Å². The normalized spacial score (nSPS) is 15.5. The third-order valence-corrected chi connectivity index (χ3v) is 1.45. The van der Waals surface area contributed by atoms with E-state index in [1.807, 2.05) is 0 Å². The molecule has 0 saturated carbocycles. The van der Waals surface area contributed by atoms with Gasteiger partial charge >= 0.3 is 0 Å². The number of rotatable bonds is 2. The number of unbranched alkanes of at least 4 members (excludes halogenated alkanes) is 2. The van der Waals surface area contributed by atoms with Crippen LogP contribution in [-0.2, 0) is 9.47 Å². The molecule has 0 amide bonds. The van der Waals surface area contributed by atoms with Crippen molar-refractivity contribution in [3.8, 4) is 0 Å². The molecular weight excluding hydrogens is 151 g/mol. The van der Waals surface area contributed by atoms with Gasteiger partial charge in [-0.1, -0.05) is 33.1 Å². The molecule has 0 aromatic carbocycles. The topological polar surface area (TPSA) is 18.5 Å². The van der Waals surface area contributed by atoms with Crippen LogP contribution in [0.5, 0.6) is 0 Å². The van der Waals surface area contributed by atoms with Crippen molar-refractivity contribution in [1.29, 1.82) is 0 Å². The quantitative estimate of drug-likeness (QED) is 0.590. The molecular formula is C9H20BO2. The molecule has 0 spiro atoms. The fraction of sp³-hybridized carbons (Fsp3) is 1.00. The molecule has 0 aromatic heterocycles. The molecule has 0 aliphatic carbocycles. The van der Waals surface area contributed by atoms with E-state index in [9.17, 15) is 0 Å². The van der Waals surface area contributed by atoms with E-state index in [2.05, 4.69) is 13.8 Å². The zero-order valence-corrected chi connectivity index (χ0v) is 8.34. The predicted molar refractivity (Wildman–Crippen MR) is 52.6 cm³/mol. The van der Waals surface area contributed by atoms with Crippen molar-refractivity contribution in [3.63, 3.8) is 0 Å². The molecule has 3 radical (unpaired) electrons. The molecule has 0 aromatic rings. The highest BCUT2D eigenvalue weighted by Crippen LogP contribution is 1.88. The maximum atomic E-state index is 4.94. The summed E-state index contributed by atoms with van der Waals surface area (Å²) >= 11 is 0. The molecule has 0 bridgehead atoms. The van der Waals surface area contributed by atoms with Crippen LogP contribution in [0.4, 0.5) is 0 Å². The van der Waals surface area contributed by atoms with E-state index in [4.69, 9.17) is 9.47 Å². The third-order valence-electron chi connectivity index (χ3n) is 1.45. The maximum absolute atomic E-state index is 4.94. The molecule has 1 aliphatic rings. The molecule has 1 heterocycles. The highest BCUT2D eigenvalue weighted by atomic mass is 16.6. The van der Waals surface area contributed by atoms with Gasteiger partial charge in [0.2, 0.25) is 0 Å². The zero-order valence-electron chi connectivity index (χ0n) is 8.34. The highest BCUT2D eigenvalue weighted by Gasteiger charge is 1.94. The Balaban J connectivity index is 0. The second kappa shape index (κ2) is 13.6. The van der Waals surface area contributed by atoms with Crippen molar-refractivity contribution in [2.45, 2.75) is 33.1 Å². The van der Waals surface area contributed by atoms with E-state index in [0.717, 1.165) is 26.4 Å². The summed E-state index contributed by atoms with van der Waals surface area (Å²) in [5.41, 5.74) is 0. The average Bonchev–Trinajstić information content (AvgIpc) is 2.10. The molecule has 0 atom stereocenters. The van der Waals surface area contributed by atoms with Gasteiger partial charge in [0.25, 0.3) is 0 Å². The smallest absolute Gasteiger partial charge is 0.0701 e. The second-order valence-corrected chi connectivity index (χ2v) is 2.58. The highest BCUT2D eigenvalue weighted by molar-refractivity contribution is 5.75. The Bertz CT molecular complexity index is 52.0.